The molecule has 1 unspecified atom stereocenters. The standard InChI is InChI=1S/C25H17ClN2O3/c26-18-4-2-16-3-5-19(28-23(16)10-18)14-30-20-6-8-24-22(11-20)25(29)21-7-1-15(12-27)9-17(21)13-31-24/h1-11,25,29H,13-14H2. The van der Waals surface area contributed by atoms with Gasteiger partial charge < -0.3 is 14.6 Å². The van der Waals surface area contributed by atoms with Gasteiger partial charge in [0.25, 0.3) is 0 Å². The minimum Gasteiger partial charge on any atom is -0.488 e. The van der Waals surface area contributed by atoms with Crippen molar-refractivity contribution in [3.63, 3.8) is 0 Å². The Bertz CT molecular complexity index is 1350. The van der Waals surface area contributed by atoms with Gasteiger partial charge in [0, 0.05) is 16.0 Å². The lowest BCUT2D eigenvalue weighted by Gasteiger charge is -2.15. The molecule has 1 aliphatic heterocycles. The molecule has 5 nitrogen and oxygen atoms in total. The molecule has 1 aromatic heterocycles. The van der Waals surface area contributed by atoms with Gasteiger partial charge in [-0.15, -0.1) is 0 Å². The number of nitriles is 1. The molecule has 0 bridgehead atoms. The highest BCUT2D eigenvalue weighted by Crippen LogP contribution is 2.38. The van der Waals surface area contributed by atoms with Crippen LogP contribution in [0, 0.1) is 11.3 Å². The summed E-state index contributed by atoms with van der Waals surface area (Å²) in [6, 6.07) is 22.2. The first kappa shape index (κ1) is 19.4. The molecule has 0 spiro atoms. The summed E-state index contributed by atoms with van der Waals surface area (Å²) in [4.78, 5) is 4.60. The Morgan fingerprint density at radius 1 is 1.06 bits per heavy atom. The van der Waals surface area contributed by atoms with Crippen LogP contribution in [0.3, 0.4) is 0 Å². The summed E-state index contributed by atoms with van der Waals surface area (Å²) < 4.78 is 11.8. The van der Waals surface area contributed by atoms with Crippen molar-refractivity contribution in [3.05, 3.63) is 99.7 Å². The summed E-state index contributed by atoms with van der Waals surface area (Å²) >= 11 is 6.07. The number of halogens is 1. The van der Waals surface area contributed by atoms with E-state index in [1.165, 1.54) is 0 Å². The molecule has 0 saturated heterocycles. The van der Waals surface area contributed by atoms with Gasteiger partial charge in [0.2, 0.25) is 0 Å². The van der Waals surface area contributed by atoms with Crippen molar-refractivity contribution in [2.45, 2.75) is 19.3 Å². The third-order valence-corrected chi connectivity index (χ3v) is 5.56. The number of rotatable bonds is 3. The second-order valence-electron chi connectivity index (χ2n) is 7.34. The first-order valence-corrected chi connectivity index (χ1v) is 10.1. The van der Waals surface area contributed by atoms with Crippen LogP contribution in [0.1, 0.15) is 34.1 Å². The van der Waals surface area contributed by atoms with E-state index in [2.05, 4.69) is 11.1 Å². The van der Waals surface area contributed by atoms with Crippen LogP contribution >= 0.6 is 11.6 Å². The maximum atomic E-state index is 11.0. The van der Waals surface area contributed by atoms with E-state index in [1.54, 1.807) is 36.4 Å². The number of aliphatic hydroxyl groups is 1. The Morgan fingerprint density at radius 2 is 1.94 bits per heavy atom. The van der Waals surface area contributed by atoms with Crippen LogP contribution in [0.25, 0.3) is 10.9 Å². The highest BCUT2D eigenvalue weighted by Gasteiger charge is 2.24. The third-order valence-electron chi connectivity index (χ3n) is 5.32. The quantitative estimate of drug-likeness (QED) is 0.478. The topological polar surface area (TPSA) is 75.4 Å². The van der Waals surface area contributed by atoms with Crippen LogP contribution in [0.4, 0.5) is 0 Å². The summed E-state index contributed by atoms with van der Waals surface area (Å²) in [5.74, 6) is 1.19. The molecular weight excluding hydrogens is 412 g/mol. The lowest BCUT2D eigenvalue weighted by Crippen LogP contribution is -2.03. The Balaban J connectivity index is 1.40. The zero-order valence-corrected chi connectivity index (χ0v) is 17.1. The van der Waals surface area contributed by atoms with E-state index in [9.17, 15) is 5.11 Å². The molecule has 0 amide bonds. The molecule has 2 heterocycles. The second-order valence-corrected chi connectivity index (χ2v) is 7.78. The van der Waals surface area contributed by atoms with Gasteiger partial charge in [0.05, 0.1) is 22.8 Å². The van der Waals surface area contributed by atoms with Crippen molar-refractivity contribution < 1.29 is 14.6 Å². The molecule has 4 aromatic rings. The Kier molecular flexibility index (Phi) is 4.95. The van der Waals surface area contributed by atoms with Crippen molar-refractivity contribution in [2.24, 2.45) is 0 Å². The van der Waals surface area contributed by atoms with Crippen molar-refractivity contribution in [3.8, 4) is 17.6 Å². The van der Waals surface area contributed by atoms with Crippen LogP contribution in [0.5, 0.6) is 11.5 Å². The fourth-order valence-corrected chi connectivity index (χ4v) is 3.89. The third kappa shape index (κ3) is 3.79. The number of hydrogen-bond acceptors (Lipinski definition) is 5. The predicted molar refractivity (Wildman–Crippen MR) is 117 cm³/mol. The zero-order chi connectivity index (χ0) is 21.4. The number of fused-ring (bicyclic) bond motifs is 3. The minimum atomic E-state index is -0.871. The van der Waals surface area contributed by atoms with Crippen LogP contribution in [-0.4, -0.2) is 10.1 Å². The number of pyridine rings is 1. The van der Waals surface area contributed by atoms with Crippen molar-refractivity contribution in [1.82, 2.24) is 4.98 Å². The average molecular weight is 429 g/mol. The van der Waals surface area contributed by atoms with E-state index in [0.717, 1.165) is 27.7 Å². The maximum Gasteiger partial charge on any atom is 0.130 e. The van der Waals surface area contributed by atoms with E-state index in [4.69, 9.17) is 26.3 Å². The van der Waals surface area contributed by atoms with Crippen LogP contribution in [-0.2, 0) is 13.2 Å². The molecular formula is C25H17ClN2O3. The largest absolute Gasteiger partial charge is 0.488 e. The number of hydrogen-bond donors (Lipinski definition) is 1. The number of benzene rings is 3. The fourth-order valence-electron chi connectivity index (χ4n) is 3.72. The molecule has 0 radical (unpaired) electrons. The summed E-state index contributed by atoms with van der Waals surface area (Å²) in [5, 5.41) is 21.7. The maximum absolute atomic E-state index is 11.0. The van der Waals surface area contributed by atoms with E-state index in [0.29, 0.717) is 34.3 Å². The molecule has 1 N–H and O–H groups in total. The minimum absolute atomic E-state index is 0.278. The molecule has 152 valence electrons. The van der Waals surface area contributed by atoms with Crippen molar-refractivity contribution >= 4 is 22.5 Å². The van der Waals surface area contributed by atoms with Gasteiger partial charge in [0.15, 0.2) is 0 Å². The molecule has 6 heteroatoms. The SMILES string of the molecule is N#Cc1ccc2c(c1)COc1ccc(OCc3ccc4ccc(Cl)cc4n3)cc1C2O. The lowest BCUT2D eigenvalue weighted by molar-refractivity contribution is 0.217. The Labute approximate surface area is 184 Å². The van der Waals surface area contributed by atoms with Crippen LogP contribution in [0.2, 0.25) is 5.02 Å². The zero-order valence-electron chi connectivity index (χ0n) is 16.4. The first-order chi connectivity index (χ1) is 15.1. The van der Waals surface area contributed by atoms with Gasteiger partial charge >= 0.3 is 0 Å². The van der Waals surface area contributed by atoms with Crippen molar-refractivity contribution in [2.75, 3.05) is 0 Å². The Hall–Kier alpha value is -3.59. The summed E-state index contributed by atoms with van der Waals surface area (Å²) in [6.07, 6.45) is -0.871. The normalized spacial score (nSPS) is 14.7. The highest BCUT2D eigenvalue weighted by atomic mass is 35.5. The number of nitrogens with zero attached hydrogens (tertiary/aromatic N) is 2. The number of aromatic nitrogens is 1. The lowest BCUT2D eigenvalue weighted by atomic mass is 9.96. The van der Waals surface area contributed by atoms with Gasteiger partial charge in [-0.25, -0.2) is 4.98 Å². The molecule has 5 rings (SSSR count). The van der Waals surface area contributed by atoms with Gasteiger partial charge in [-0.05, 0) is 59.7 Å². The monoisotopic (exact) mass is 428 g/mol. The Morgan fingerprint density at radius 3 is 2.81 bits per heavy atom. The predicted octanol–water partition coefficient (Wildman–Crippen LogP) is 5.31. The van der Waals surface area contributed by atoms with Crippen molar-refractivity contribution in [1.29, 1.82) is 5.26 Å². The van der Waals surface area contributed by atoms with E-state index in [1.807, 2.05) is 30.3 Å². The molecule has 1 atom stereocenters. The van der Waals surface area contributed by atoms with Gasteiger partial charge in [0.1, 0.15) is 30.8 Å². The van der Waals surface area contributed by atoms with E-state index in [-0.39, 0.29) is 6.61 Å². The molecule has 0 fully saturated rings. The molecule has 0 aliphatic carbocycles. The summed E-state index contributed by atoms with van der Waals surface area (Å²) in [6.45, 7) is 0.568. The first-order valence-electron chi connectivity index (χ1n) is 9.76. The number of ether oxygens (including phenoxy) is 2. The molecule has 3 aromatic carbocycles. The molecule has 1 aliphatic rings. The molecule has 0 saturated carbocycles. The van der Waals surface area contributed by atoms with Gasteiger partial charge in [-0.2, -0.15) is 5.26 Å². The highest BCUT2D eigenvalue weighted by molar-refractivity contribution is 6.31. The van der Waals surface area contributed by atoms with Gasteiger partial charge in [-0.1, -0.05) is 29.8 Å². The summed E-state index contributed by atoms with van der Waals surface area (Å²) in [7, 11) is 0. The van der Waals surface area contributed by atoms with Crippen LogP contribution in [0.15, 0.2) is 66.7 Å². The second kappa shape index (κ2) is 7.92. The average Bonchev–Trinajstić information content (AvgIpc) is 2.93. The smallest absolute Gasteiger partial charge is 0.130 e. The van der Waals surface area contributed by atoms with Gasteiger partial charge in [-0.3, -0.25) is 0 Å². The molecule has 31 heavy (non-hydrogen) atoms. The van der Waals surface area contributed by atoms with E-state index >= 15 is 0 Å². The number of aliphatic hydroxyl groups excluding tert-OH is 1. The van der Waals surface area contributed by atoms with Crippen LogP contribution < -0.4 is 9.47 Å². The summed E-state index contributed by atoms with van der Waals surface area (Å²) in [5.41, 5.74) is 4.27. The fraction of sp³-hybridized carbons (Fsp3) is 0.120. The van der Waals surface area contributed by atoms with E-state index < -0.39 is 6.10 Å².